The van der Waals surface area contributed by atoms with Gasteiger partial charge in [0.25, 0.3) is 0 Å². The Balaban J connectivity index is 1.81. The fourth-order valence-corrected chi connectivity index (χ4v) is 4.67. The zero-order valence-corrected chi connectivity index (χ0v) is 22.6. The van der Waals surface area contributed by atoms with Gasteiger partial charge in [-0.15, -0.1) is 0 Å². The van der Waals surface area contributed by atoms with Crippen LogP contribution >= 0.6 is 0 Å². The van der Waals surface area contributed by atoms with Crippen molar-refractivity contribution in [1.29, 1.82) is 0 Å². The van der Waals surface area contributed by atoms with E-state index < -0.39 is 60.8 Å². The van der Waals surface area contributed by atoms with Crippen LogP contribution in [0.4, 0.5) is 19.2 Å². The number of aliphatic carboxylic acids is 1. The fourth-order valence-electron chi connectivity index (χ4n) is 4.67. The molecule has 15 nitrogen and oxygen atoms in total. The molecular weight excluding hydrogens is 529 g/mol. The molecule has 2 rings (SSSR count). The molecule has 0 saturated heterocycles. The van der Waals surface area contributed by atoms with E-state index in [4.69, 9.17) is 17.3 Å². The van der Waals surface area contributed by atoms with Gasteiger partial charge >= 0.3 is 24.2 Å². The van der Waals surface area contributed by atoms with Gasteiger partial charge in [-0.1, -0.05) is 0 Å². The number of carboxylic acid groups (broad SMARTS) is 1. The van der Waals surface area contributed by atoms with Crippen molar-refractivity contribution in [2.75, 3.05) is 20.3 Å². The molecule has 2 saturated carbocycles. The largest absolute Gasteiger partial charge is 0.481 e. The van der Waals surface area contributed by atoms with Crippen LogP contribution < -0.4 is 21.3 Å². The van der Waals surface area contributed by atoms with E-state index in [9.17, 15) is 33.9 Å². The third-order valence-corrected chi connectivity index (χ3v) is 7.00. The van der Waals surface area contributed by atoms with E-state index in [0.29, 0.717) is 44.9 Å². The lowest BCUT2D eigenvalue weighted by molar-refractivity contribution is -0.153. The van der Waals surface area contributed by atoms with E-state index >= 15 is 0 Å². The maximum Gasteiger partial charge on any atom is 0.407 e. The van der Waals surface area contributed by atoms with E-state index in [1.807, 2.05) is 0 Å². The van der Waals surface area contributed by atoms with Gasteiger partial charge in [-0.2, -0.15) is 0 Å². The monoisotopic (exact) mass is 565 g/mol. The van der Waals surface area contributed by atoms with E-state index in [-0.39, 0.29) is 24.5 Å². The molecule has 4 atom stereocenters. The molecule has 4 unspecified atom stereocenters. The minimum Gasteiger partial charge on any atom is -0.481 e. The molecule has 2 radical (unpaired) electrons. The van der Waals surface area contributed by atoms with Crippen LogP contribution in [0.1, 0.15) is 58.3 Å². The summed E-state index contributed by atoms with van der Waals surface area (Å²) < 4.78 is 14.9. The van der Waals surface area contributed by atoms with Crippen LogP contribution in [0.5, 0.6) is 0 Å². The summed E-state index contributed by atoms with van der Waals surface area (Å²) in [4.78, 5) is 73.7. The number of methoxy groups -OCH3 is 1. The second-order valence-corrected chi connectivity index (χ2v) is 10.3. The maximum absolute atomic E-state index is 12.5. The molecule has 0 heterocycles. The summed E-state index contributed by atoms with van der Waals surface area (Å²) in [6.07, 6.45) is 3.19. The van der Waals surface area contributed by atoms with E-state index in [2.05, 4.69) is 31.0 Å². The lowest BCUT2D eigenvalue weighted by Gasteiger charge is -2.29. The van der Waals surface area contributed by atoms with Crippen molar-refractivity contribution in [1.82, 2.24) is 21.3 Å². The number of ether oxygens (including phenoxy) is 3. The molecule has 0 aromatic rings. The first-order valence-electron chi connectivity index (χ1n) is 13.0. The molecule has 40 heavy (non-hydrogen) atoms. The Morgan fingerprint density at radius 2 is 1.25 bits per heavy atom. The van der Waals surface area contributed by atoms with Crippen LogP contribution in [0.15, 0.2) is 4.99 Å². The predicted molar refractivity (Wildman–Crippen MR) is 139 cm³/mol. The summed E-state index contributed by atoms with van der Waals surface area (Å²) in [7, 11) is 6.46. The molecule has 0 aromatic heterocycles. The molecule has 2 aliphatic rings. The number of isocyanates is 1. The lowest BCUT2D eigenvalue weighted by atomic mass is 9.91. The average Bonchev–Trinajstić information content (AvgIpc) is 3.08. The first-order valence-corrected chi connectivity index (χ1v) is 13.0. The zero-order valence-electron chi connectivity index (χ0n) is 22.6. The second kappa shape index (κ2) is 15.7. The Hall–Kier alpha value is -3.81. The van der Waals surface area contributed by atoms with Gasteiger partial charge in [0.2, 0.25) is 13.9 Å². The number of nitrogens with zero attached hydrogens (tertiary/aromatic N) is 1. The smallest absolute Gasteiger partial charge is 0.407 e. The third-order valence-electron chi connectivity index (χ3n) is 7.00. The van der Waals surface area contributed by atoms with Crippen LogP contribution in [-0.2, 0) is 23.8 Å². The number of amides is 4. The number of carboxylic acids is 1. The first kappa shape index (κ1) is 32.4. The van der Waals surface area contributed by atoms with Gasteiger partial charge in [-0.05, 0) is 58.3 Å². The molecule has 0 spiro atoms. The van der Waals surface area contributed by atoms with Crippen molar-refractivity contribution >= 4 is 44.0 Å². The normalized spacial score (nSPS) is 25.8. The summed E-state index contributed by atoms with van der Waals surface area (Å²) in [5.74, 6) is -2.05. The molecule has 0 bridgehead atoms. The summed E-state index contributed by atoms with van der Waals surface area (Å²) in [5, 5.41) is 20.3. The summed E-state index contributed by atoms with van der Waals surface area (Å²) >= 11 is 0. The Morgan fingerprint density at radius 3 is 1.68 bits per heavy atom. The molecule has 4 amide bonds. The molecule has 2 aliphatic carbocycles. The minimum absolute atomic E-state index is 0.0602. The van der Waals surface area contributed by atoms with Crippen LogP contribution in [0.2, 0.25) is 0 Å². The average molecular weight is 565 g/mol. The van der Waals surface area contributed by atoms with Gasteiger partial charge in [-0.25, -0.2) is 24.2 Å². The van der Waals surface area contributed by atoms with Gasteiger partial charge in [0.05, 0.1) is 13.2 Å². The van der Waals surface area contributed by atoms with Crippen molar-refractivity contribution in [3.05, 3.63) is 0 Å². The number of alkyl carbamates (subject to hydrolysis) is 3. The highest BCUT2D eigenvalue weighted by atomic mass is 16.6. The summed E-state index contributed by atoms with van der Waals surface area (Å²) in [5.41, 5.74) is -1.72. The van der Waals surface area contributed by atoms with Crippen LogP contribution in [-0.4, -0.2) is 99.6 Å². The second-order valence-electron chi connectivity index (χ2n) is 10.3. The van der Waals surface area contributed by atoms with Crippen molar-refractivity contribution in [2.24, 2.45) is 10.4 Å². The SMILES string of the molecule is [B]C(=O)NC1CCC(NC(=O)OCC(C)(COC(=O)NC2CCC(NC(=O)OC)CC2)C(=O)O)CC(N=C=O)C1. The number of nitrogens with one attached hydrogen (secondary N) is 4. The number of carbonyl (C=O) groups excluding carboxylic acids is 5. The van der Waals surface area contributed by atoms with Gasteiger partial charge in [0.1, 0.15) is 18.6 Å². The quantitative estimate of drug-likeness (QED) is 0.0837. The number of carbonyl (C=O) groups is 5. The Labute approximate surface area is 232 Å². The number of rotatable bonds is 10. The summed E-state index contributed by atoms with van der Waals surface area (Å²) in [6, 6.07) is -1.59. The third kappa shape index (κ3) is 11.1. The number of aliphatic imine (C=N–C) groups is 1. The molecule has 5 N–H and O–H groups in total. The van der Waals surface area contributed by atoms with Crippen molar-refractivity contribution < 1.29 is 48.1 Å². The van der Waals surface area contributed by atoms with Crippen LogP contribution in [0.3, 0.4) is 0 Å². The summed E-state index contributed by atoms with van der Waals surface area (Å²) in [6.45, 7) is 0.140. The van der Waals surface area contributed by atoms with Crippen molar-refractivity contribution in [3.8, 4) is 0 Å². The Kier molecular flexibility index (Phi) is 12.7. The predicted octanol–water partition coefficient (Wildman–Crippen LogP) is 1.09. The first-order chi connectivity index (χ1) is 18.9. The number of hydrogen-bond acceptors (Lipinski definition) is 10. The van der Waals surface area contributed by atoms with Crippen LogP contribution in [0.25, 0.3) is 0 Å². The maximum atomic E-state index is 12.5. The zero-order chi connectivity index (χ0) is 29.7. The molecule has 220 valence electrons. The van der Waals surface area contributed by atoms with Gasteiger partial charge in [0.15, 0.2) is 5.81 Å². The Bertz CT molecular complexity index is 970. The molecule has 0 aromatic carbocycles. The standard InChI is InChI=1S/C24H36BN5O10/c1-24(19(32)33,11-39-22(36)29-15-5-3-14(4-6-15)28-21(35)38-2)12-40-23(37)30-17-8-7-16(27-20(25)34)9-18(10-17)26-13-31/h14-18H,3-12H2,1-2H3,(H,27,34)(H,28,35)(H,29,36)(H,30,37)(H,32,33). The number of hydrogen-bond donors (Lipinski definition) is 5. The van der Waals surface area contributed by atoms with Gasteiger partial charge < -0.3 is 40.6 Å². The highest BCUT2D eigenvalue weighted by molar-refractivity contribution is 6.57. The highest BCUT2D eigenvalue weighted by Crippen LogP contribution is 2.23. The van der Waals surface area contributed by atoms with Crippen molar-refractivity contribution in [3.63, 3.8) is 0 Å². The van der Waals surface area contributed by atoms with Gasteiger partial charge in [-0.3, -0.25) is 9.59 Å². The van der Waals surface area contributed by atoms with E-state index in [0.717, 1.165) is 0 Å². The lowest BCUT2D eigenvalue weighted by Crippen LogP contribution is -2.46. The van der Waals surface area contributed by atoms with E-state index in [1.54, 1.807) is 0 Å². The fraction of sp³-hybridized carbons (Fsp3) is 0.750. The van der Waals surface area contributed by atoms with Crippen molar-refractivity contribution in [2.45, 2.75) is 88.5 Å². The molecular formula is C24H36BN5O10. The highest BCUT2D eigenvalue weighted by Gasteiger charge is 2.38. The molecule has 0 aliphatic heterocycles. The topological polar surface area (TPSA) is 211 Å². The van der Waals surface area contributed by atoms with Gasteiger partial charge in [0, 0.05) is 24.2 Å². The molecule has 16 heteroatoms. The molecule has 2 fully saturated rings. The Morgan fingerprint density at radius 1 is 0.825 bits per heavy atom. The van der Waals surface area contributed by atoms with Crippen LogP contribution in [0, 0.1) is 5.41 Å². The minimum atomic E-state index is -1.72. The van der Waals surface area contributed by atoms with E-state index in [1.165, 1.54) is 20.1 Å².